The predicted octanol–water partition coefficient (Wildman–Crippen LogP) is 2.86. The Labute approximate surface area is 148 Å². The van der Waals surface area contributed by atoms with Crippen LogP contribution in [0.1, 0.15) is 17.5 Å². The van der Waals surface area contributed by atoms with Crippen molar-refractivity contribution in [2.75, 3.05) is 24.2 Å². The first-order valence-electron chi connectivity index (χ1n) is 8.22. The minimum absolute atomic E-state index is 0.00935. The minimum Gasteiger partial charge on any atom is -0.352 e. The van der Waals surface area contributed by atoms with Crippen molar-refractivity contribution in [3.8, 4) is 0 Å². The van der Waals surface area contributed by atoms with Crippen molar-refractivity contribution in [3.05, 3.63) is 59.7 Å². The van der Waals surface area contributed by atoms with Crippen LogP contribution in [0.2, 0.25) is 0 Å². The van der Waals surface area contributed by atoms with Crippen molar-refractivity contribution in [1.82, 2.24) is 10.6 Å². The Balaban J connectivity index is 1.88. The number of urea groups is 1. The molecule has 2 rings (SSSR count). The minimum atomic E-state index is -0.305. The van der Waals surface area contributed by atoms with Gasteiger partial charge >= 0.3 is 6.03 Å². The van der Waals surface area contributed by atoms with Crippen LogP contribution in [0.25, 0.3) is 0 Å². The molecule has 0 saturated carbocycles. The van der Waals surface area contributed by atoms with Crippen LogP contribution in [-0.4, -0.2) is 25.5 Å². The monoisotopic (exact) mass is 340 g/mol. The molecule has 0 aromatic heterocycles. The van der Waals surface area contributed by atoms with Crippen LogP contribution in [0.3, 0.4) is 0 Å². The molecule has 0 atom stereocenters. The highest BCUT2D eigenvalue weighted by molar-refractivity contribution is 5.99. The molecule has 3 amide bonds. The highest BCUT2D eigenvalue weighted by atomic mass is 16.2. The lowest BCUT2D eigenvalue weighted by Gasteiger charge is -2.10. The fraction of sp³-hybridized carbons (Fsp3) is 0.263. The number of rotatable bonds is 7. The van der Waals surface area contributed by atoms with E-state index in [1.165, 1.54) is 0 Å². The summed E-state index contributed by atoms with van der Waals surface area (Å²) in [5.41, 5.74) is 3.41. The first kappa shape index (κ1) is 18.5. The molecule has 0 spiro atoms. The van der Waals surface area contributed by atoms with Gasteiger partial charge in [0.15, 0.2) is 0 Å². The summed E-state index contributed by atoms with van der Waals surface area (Å²) in [6.45, 7) is 3.04. The van der Waals surface area contributed by atoms with E-state index in [0.717, 1.165) is 16.8 Å². The van der Waals surface area contributed by atoms with E-state index < -0.39 is 0 Å². The van der Waals surface area contributed by atoms with Gasteiger partial charge in [0.2, 0.25) is 5.91 Å². The van der Waals surface area contributed by atoms with Crippen LogP contribution in [0.4, 0.5) is 16.2 Å². The van der Waals surface area contributed by atoms with Gasteiger partial charge in [-0.15, -0.1) is 0 Å². The zero-order chi connectivity index (χ0) is 18.1. The lowest BCUT2D eigenvalue weighted by Crippen LogP contribution is -2.26. The van der Waals surface area contributed by atoms with Gasteiger partial charge in [-0.2, -0.15) is 0 Å². The van der Waals surface area contributed by atoms with E-state index in [0.29, 0.717) is 25.2 Å². The zero-order valence-electron chi connectivity index (χ0n) is 14.6. The second-order valence-corrected chi connectivity index (χ2v) is 5.78. The van der Waals surface area contributed by atoms with Crippen LogP contribution >= 0.6 is 0 Å². The van der Waals surface area contributed by atoms with Crippen LogP contribution in [0.15, 0.2) is 48.5 Å². The molecule has 0 saturated heterocycles. The number of benzene rings is 2. The van der Waals surface area contributed by atoms with Crippen LogP contribution < -0.4 is 21.3 Å². The Kier molecular flexibility index (Phi) is 6.98. The molecule has 132 valence electrons. The third-order valence-corrected chi connectivity index (χ3v) is 3.55. The third kappa shape index (κ3) is 6.64. The summed E-state index contributed by atoms with van der Waals surface area (Å²) in [7, 11) is 1.81. The van der Waals surface area contributed by atoms with Crippen LogP contribution in [-0.2, 0) is 11.3 Å². The number of carbonyl (C=O) groups is 2. The molecule has 25 heavy (non-hydrogen) atoms. The summed E-state index contributed by atoms with van der Waals surface area (Å²) in [5, 5.41) is 11.4. The maximum Gasteiger partial charge on any atom is 0.323 e. The zero-order valence-corrected chi connectivity index (χ0v) is 14.6. The second-order valence-electron chi connectivity index (χ2n) is 5.78. The average Bonchev–Trinajstić information content (AvgIpc) is 2.58. The SMILES string of the molecule is CNCCC(=O)NCc1cccc(NC(=O)Nc2cccc(C)c2)c1. The fourth-order valence-corrected chi connectivity index (χ4v) is 2.30. The highest BCUT2D eigenvalue weighted by Gasteiger charge is 2.05. The van der Waals surface area contributed by atoms with Crippen LogP contribution in [0.5, 0.6) is 0 Å². The summed E-state index contributed by atoms with van der Waals surface area (Å²) < 4.78 is 0. The Morgan fingerprint density at radius 1 is 0.960 bits per heavy atom. The normalized spacial score (nSPS) is 10.2. The summed E-state index contributed by atoms with van der Waals surface area (Å²) in [6, 6.07) is 14.7. The van der Waals surface area contributed by atoms with Gasteiger partial charge in [0.05, 0.1) is 0 Å². The van der Waals surface area contributed by atoms with Gasteiger partial charge in [-0.05, 0) is 49.4 Å². The maximum absolute atomic E-state index is 12.1. The van der Waals surface area contributed by atoms with Gasteiger partial charge in [-0.25, -0.2) is 4.79 Å². The van der Waals surface area contributed by atoms with E-state index in [1.54, 1.807) is 0 Å². The van der Waals surface area contributed by atoms with E-state index in [4.69, 9.17) is 0 Å². The van der Waals surface area contributed by atoms with Gasteiger partial charge in [0, 0.05) is 30.9 Å². The molecule has 0 heterocycles. The van der Waals surface area contributed by atoms with Crippen molar-refractivity contribution < 1.29 is 9.59 Å². The fourth-order valence-electron chi connectivity index (χ4n) is 2.30. The van der Waals surface area contributed by atoms with Crippen molar-refractivity contribution >= 4 is 23.3 Å². The van der Waals surface area contributed by atoms with Crippen molar-refractivity contribution in [3.63, 3.8) is 0 Å². The molecule has 0 bridgehead atoms. The van der Waals surface area contributed by atoms with E-state index >= 15 is 0 Å². The van der Waals surface area contributed by atoms with Gasteiger partial charge in [-0.1, -0.05) is 24.3 Å². The Hall–Kier alpha value is -2.86. The first-order valence-corrected chi connectivity index (χ1v) is 8.22. The van der Waals surface area contributed by atoms with Crippen molar-refractivity contribution in [2.24, 2.45) is 0 Å². The van der Waals surface area contributed by atoms with E-state index in [-0.39, 0.29) is 11.9 Å². The quantitative estimate of drug-likeness (QED) is 0.625. The smallest absolute Gasteiger partial charge is 0.323 e. The molecular weight excluding hydrogens is 316 g/mol. The first-order chi connectivity index (χ1) is 12.1. The van der Waals surface area contributed by atoms with E-state index in [9.17, 15) is 9.59 Å². The standard InChI is InChI=1S/C19H24N4O2/c1-14-5-3-7-16(11-14)22-19(25)23-17-8-4-6-15(12-17)13-21-18(24)9-10-20-2/h3-8,11-12,20H,9-10,13H2,1-2H3,(H,21,24)(H2,22,23,25). The van der Waals surface area contributed by atoms with Gasteiger partial charge in [0.25, 0.3) is 0 Å². The number of hydrogen-bond acceptors (Lipinski definition) is 3. The number of anilines is 2. The maximum atomic E-state index is 12.1. The second kappa shape index (κ2) is 9.44. The molecule has 0 aliphatic carbocycles. The summed E-state index contributed by atoms with van der Waals surface area (Å²) in [5.74, 6) is -0.00935. The summed E-state index contributed by atoms with van der Waals surface area (Å²) in [6.07, 6.45) is 0.438. The van der Waals surface area contributed by atoms with Gasteiger partial charge in [0.1, 0.15) is 0 Å². The van der Waals surface area contributed by atoms with Gasteiger partial charge < -0.3 is 21.3 Å². The lowest BCUT2D eigenvalue weighted by molar-refractivity contribution is -0.121. The van der Waals surface area contributed by atoms with Crippen LogP contribution in [0, 0.1) is 6.92 Å². The Bertz CT molecular complexity index is 731. The molecule has 2 aromatic rings. The summed E-state index contributed by atoms with van der Waals surface area (Å²) >= 11 is 0. The van der Waals surface area contributed by atoms with Crippen molar-refractivity contribution in [2.45, 2.75) is 19.9 Å². The van der Waals surface area contributed by atoms with E-state index in [1.807, 2.05) is 62.5 Å². The average molecular weight is 340 g/mol. The number of amides is 3. The summed E-state index contributed by atoms with van der Waals surface area (Å²) in [4.78, 5) is 23.7. The molecule has 0 fully saturated rings. The molecule has 0 radical (unpaired) electrons. The molecule has 4 N–H and O–H groups in total. The van der Waals surface area contributed by atoms with Crippen molar-refractivity contribution in [1.29, 1.82) is 0 Å². The number of aryl methyl sites for hydroxylation is 1. The molecule has 2 aromatic carbocycles. The molecule has 0 unspecified atom stereocenters. The lowest BCUT2D eigenvalue weighted by atomic mass is 10.2. The molecular formula is C19H24N4O2. The third-order valence-electron chi connectivity index (χ3n) is 3.55. The topological polar surface area (TPSA) is 82.3 Å². The van der Waals surface area contributed by atoms with E-state index in [2.05, 4.69) is 21.3 Å². The Morgan fingerprint density at radius 3 is 2.32 bits per heavy atom. The Morgan fingerprint density at radius 2 is 1.64 bits per heavy atom. The number of carbonyl (C=O) groups excluding carboxylic acids is 2. The number of nitrogens with one attached hydrogen (secondary N) is 4. The molecule has 6 nitrogen and oxygen atoms in total. The molecule has 0 aliphatic heterocycles. The number of hydrogen-bond donors (Lipinski definition) is 4. The predicted molar refractivity (Wildman–Crippen MR) is 101 cm³/mol. The van der Waals surface area contributed by atoms with Gasteiger partial charge in [-0.3, -0.25) is 4.79 Å². The molecule has 0 aliphatic rings. The highest BCUT2D eigenvalue weighted by Crippen LogP contribution is 2.13. The largest absolute Gasteiger partial charge is 0.352 e. The molecule has 6 heteroatoms.